The monoisotopic (exact) mass is 322 g/mol. The topological polar surface area (TPSA) is 59.0 Å². The predicted molar refractivity (Wildman–Crippen MR) is 90.5 cm³/mol. The Morgan fingerprint density at radius 2 is 1.83 bits per heavy atom. The van der Waals surface area contributed by atoms with Gasteiger partial charge in [-0.1, -0.05) is 12.8 Å². The second-order valence-electron chi connectivity index (χ2n) is 6.72. The van der Waals surface area contributed by atoms with Gasteiger partial charge < -0.3 is 4.90 Å². The Labute approximate surface area is 142 Å². The van der Waals surface area contributed by atoms with Crippen LogP contribution in [0.3, 0.4) is 0 Å². The number of carbonyl (C=O) groups is 1. The lowest BCUT2D eigenvalue weighted by atomic mass is 10.0. The quantitative estimate of drug-likeness (QED) is 0.867. The summed E-state index contributed by atoms with van der Waals surface area (Å²) in [4.78, 5) is 28.1. The molecule has 3 heterocycles. The molecule has 1 saturated carbocycles. The first-order valence-corrected chi connectivity index (χ1v) is 8.87. The highest BCUT2D eigenvalue weighted by atomic mass is 16.2. The summed E-state index contributed by atoms with van der Waals surface area (Å²) in [6.07, 6.45) is 12.0. The van der Waals surface area contributed by atoms with Crippen molar-refractivity contribution in [2.75, 3.05) is 6.54 Å². The normalized spacial score (nSPS) is 21.3. The minimum absolute atomic E-state index is 0.0306. The fraction of sp³-hybridized carbons (Fsp3) is 0.474. The van der Waals surface area contributed by atoms with E-state index in [2.05, 4.69) is 15.0 Å². The van der Waals surface area contributed by atoms with Crippen molar-refractivity contribution in [3.05, 3.63) is 53.9 Å². The van der Waals surface area contributed by atoms with Crippen molar-refractivity contribution in [1.29, 1.82) is 0 Å². The molecule has 0 aromatic carbocycles. The second kappa shape index (κ2) is 6.67. The van der Waals surface area contributed by atoms with E-state index in [-0.39, 0.29) is 11.9 Å². The average molecular weight is 322 g/mol. The van der Waals surface area contributed by atoms with Crippen LogP contribution in [-0.2, 0) is 0 Å². The molecule has 2 aliphatic rings. The molecular weight excluding hydrogens is 300 g/mol. The predicted octanol–water partition coefficient (Wildman–Crippen LogP) is 3.51. The zero-order valence-electron chi connectivity index (χ0n) is 13.8. The number of aromatic nitrogens is 3. The van der Waals surface area contributed by atoms with Gasteiger partial charge in [-0.2, -0.15) is 0 Å². The minimum atomic E-state index is 0.0306. The summed E-state index contributed by atoms with van der Waals surface area (Å²) >= 11 is 0. The van der Waals surface area contributed by atoms with Gasteiger partial charge in [-0.3, -0.25) is 9.78 Å². The number of hydrogen-bond acceptors (Lipinski definition) is 4. The van der Waals surface area contributed by atoms with E-state index < -0.39 is 0 Å². The molecule has 2 fully saturated rings. The molecule has 1 amide bonds. The van der Waals surface area contributed by atoms with Crippen LogP contribution >= 0.6 is 0 Å². The maximum atomic E-state index is 13.2. The highest BCUT2D eigenvalue weighted by Gasteiger charge is 2.30. The lowest BCUT2D eigenvalue weighted by molar-refractivity contribution is 0.0674. The summed E-state index contributed by atoms with van der Waals surface area (Å²) in [5.41, 5.74) is 1.70. The molecule has 0 radical (unpaired) electrons. The summed E-state index contributed by atoms with van der Waals surface area (Å²) < 4.78 is 0. The molecule has 5 nitrogen and oxygen atoms in total. The first-order valence-electron chi connectivity index (χ1n) is 8.87. The van der Waals surface area contributed by atoms with Crippen LogP contribution in [0.5, 0.6) is 0 Å². The Bertz CT molecular complexity index is 714. The standard InChI is InChI=1S/C19H22N4O/c24-19(16-9-12-21-18(22-16)15-5-6-15)23-13-3-1-2-4-17(23)14-7-10-20-11-8-14/h7-12,15,17H,1-6,13H2. The van der Waals surface area contributed by atoms with Crippen LogP contribution in [0.2, 0.25) is 0 Å². The van der Waals surface area contributed by atoms with Gasteiger partial charge in [0.25, 0.3) is 5.91 Å². The molecule has 2 aromatic heterocycles. The van der Waals surface area contributed by atoms with E-state index in [1.165, 1.54) is 6.42 Å². The molecule has 1 aliphatic heterocycles. The maximum Gasteiger partial charge on any atom is 0.273 e. The van der Waals surface area contributed by atoms with Gasteiger partial charge in [-0.15, -0.1) is 0 Å². The first-order chi connectivity index (χ1) is 11.8. The van der Waals surface area contributed by atoms with Crippen LogP contribution in [0.4, 0.5) is 0 Å². The maximum absolute atomic E-state index is 13.2. The number of amides is 1. The number of pyridine rings is 1. The van der Waals surface area contributed by atoms with E-state index in [1.54, 1.807) is 24.7 Å². The zero-order chi connectivity index (χ0) is 16.4. The van der Waals surface area contributed by atoms with Gasteiger partial charge in [0.15, 0.2) is 0 Å². The van der Waals surface area contributed by atoms with Crippen molar-refractivity contribution in [3.63, 3.8) is 0 Å². The zero-order valence-corrected chi connectivity index (χ0v) is 13.8. The fourth-order valence-electron chi connectivity index (χ4n) is 3.46. The Kier molecular flexibility index (Phi) is 4.24. The van der Waals surface area contributed by atoms with Gasteiger partial charge in [0.2, 0.25) is 0 Å². The lowest BCUT2D eigenvalue weighted by Gasteiger charge is -2.30. The molecule has 2 aromatic rings. The van der Waals surface area contributed by atoms with Gasteiger partial charge in [-0.05, 0) is 49.4 Å². The summed E-state index contributed by atoms with van der Waals surface area (Å²) in [5, 5.41) is 0. The van der Waals surface area contributed by atoms with Crippen LogP contribution < -0.4 is 0 Å². The summed E-state index contributed by atoms with van der Waals surface area (Å²) in [6, 6.07) is 5.91. The van der Waals surface area contributed by atoms with Crippen LogP contribution in [0.15, 0.2) is 36.8 Å². The van der Waals surface area contributed by atoms with E-state index >= 15 is 0 Å². The number of likely N-dealkylation sites (tertiary alicyclic amines) is 1. The number of nitrogens with zero attached hydrogens (tertiary/aromatic N) is 4. The van der Waals surface area contributed by atoms with Gasteiger partial charge in [0.05, 0.1) is 6.04 Å². The molecule has 1 unspecified atom stereocenters. The lowest BCUT2D eigenvalue weighted by Crippen LogP contribution is -2.35. The molecular formula is C19H22N4O. The number of hydrogen-bond donors (Lipinski definition) is 0. The van der Waals surface area contributed by atoms with Crippen molar-refractivity contribution < 1.29 is 4.79 Å². The van der Waals surface area contributed by atoms with Gasteiger partial charge >= 0.3 is 0 Å². The number of rotatable bonds is 3. The third-order valence-electron chi connectivity index (χ3n) is 4.94. The van der Waals surface area contributed by atoms with E-state index in [0.29, 0.717) is 11.6 Å². The van der Waals surface area contributed by atoms with Crippen molar-refractivity contribution in [2.45, 2.75) is 50.5 Å². The Morgan fingerprint density at radius 1 is 1.00 bits per heavy atom. The summed E-state index contributed by atoms with van der Waals surface area (Å²) in [6.45, 7) is 0.786. The summed E-state index contributed by atoms with van der Waals surface area (Å²) in [7, 11) is 0. The largest absolute Gasteiger partial charge is 0.330 e. The smallest absolute Gasteiger partial charge is 0.273 e. The molecule has 0 bridgehead atoms. The third kappa shape index (κ3) is 3.16. The molecule has 1 atom stereocenters. The minimum Gasteiger partial charge on any atom is -0.330 e. The molecule has 1 aliphatic carbocycles. The van der Waals surface area contributed by atoms with Gasteiger partial charge in [-0.25, -0.2) is 9.97 Å². The highest BCUT2D eigenvalue weighted by Crippen LogP contribution is 2.38. The van der Waals surface area contributed by atoms with Gasteiger partial charge in [0, 0.05) is 31.1 Å². The molecule has 0 N–H and O–H groups in total. The Balaban J connectivity index is 1.63. The van der Waals surface area contributed by atoms with Crippen molar-refractivity contribution in [2.24, 2.45) is 0 Å². The van der Waals surface area contributed by atoms with Crippen LogP contribution in [0.25, 0.3) is 0 Å². The van der Waals surface area contributed by atoms with Crippen LogP contribution in [0, 0.1) is 0 Å². The molecule has 4 rings (SSSR count). The third-order valence-corrected chi connectivity index (χ3v) is 4.94. The SMILES string of the molecule is O=C(c1ccnc(C2CC2)n1)N1CCCCCC1c1ccncc1. The Morgan fingerprint density at radius 3 is 2.62 bits per heavy atom. The highest BCUT2D eigenvalue weighted by molar-refractivity contribution is 5.92. The van der Waals surface area contributed by atoms with Crippen molar-refractivity contribution in [3.8, 4) is 0 Å². The van der Waals surface area contributed by atoms with Gasteiger partial charge in [0.1, 0.15) is 11.5 Å². The van der Waals surface area contributed by atoms with E-state index in [9.17, 15) is 4.79 Å². The average Bonchev–Trinajstić information content (AvgIpc) is 3.48. The number of carbonyl (C=O) groups excluding carboxylic acids is 1. The molecule has 24 heavy (non-hydrogen) atoms. The molecule has 0 spiro atoms. The first kappa shape index (κ1) is 15.2. The van der Waals surface area contributed by atoms with Crippen LogP contribution in [-0.4, -0.2) is 32.3 Å². The van der Waals surface area contributed by atoms with E-state index in [0.717, 1.165) is 50.0 Å². The van der Waals surface area contributed by atoms with E-state index in [4.69, 9.17) is 0 Å². The molecule has 1 saturated heterocycles. The molecule has 5 heteroatoms. The summed E-state index contributed by atoms with van der Waals surface area (Å²) in [5.74, 6) is 1.32. The van der Waals surface area contributed by atoms with Crippen LogP contribution in [0.1, 0.15) is 72.4 Å². The van der Waals surface area contributed by atoms with Crippen molar-refractivity contribution in [1.82, 2.24) is 19.9 Å². The Hall–Kier alpha value is -2.30. The van der Waals surface area contributed by atoms with E-state index in [1.807, 2.05) is 17.0 Å². The fourth-order valence-corrected chi connectivity index (χ4v) is 3.46. The second-order valence-corrected chi connectivity index (χ2v) is 6.72. The van der Waals surface area contributed by atoms with Crippen molar-refractivity contribution >= 4 is 5.91 Å². The molecule has 124 valence electrons.